The second-order valence-corrected chi connectivity index (χ2v) is 10.7. The van der Waals surface area contributed by atoms with Crippen LogP contribution in [0.15, 0.2) is 24.0 Å². The number of carbonyl (C=O) groups excluding carboxylic acids is 3. The first-order valence-corrected chi connectivity index (χ1v) is 13.0. The molecule has 3 N–H and O–H groups in total. The Morgan fingerprint density at radius 1 is 1.19 bits per heavy atom. The molecule has 0 spiro atoms. The number of hydrogen-bond donors (Lipinski definition) is 3. The summed E-state index contributed by atoms with van der Waals surface area (Å²) in [5, 5.41) is 12.5. The van der Waals surface area contributed by atoms with Crippen molar-refractivity contribution in [2.24, 2.45) is 5.92 Å². The quantitative estimate of drug-likeness (QED) is 0.330. The first kappa shape index (κ1) is 23.6. The van der Waals surface area contributed by atoms with E-state index < -0.39 is 11.9 Å². The normalized spacial score (nSPS) is 23.0. The minimum atomic E-state index is -0.574. The van der Waals surface area contributed by atoms with Gasteiger partial charge in [-0.2, -0.15) is 14.6 Å². The minimum Gasteiger partial charge on any atom is -0.372 e. The molecule has 37 heavy (non-hydrogen) atoms. The molecule has 4 amide bonds. The fourth-order valence-electron chi connectivity index (χ4n) is 4.49. The second kappa shape index (κ2) is 9.23. The van der Waals surface area contributed by atoms with Crippen LogP contribution < -0.4 is 16.0 Å². The molecule has 3 aliphatic rings. The van der Waals surface area contributed by atoms with Gasteiger partial charge in [-0.05, 0) is 50.8 Å². The van der Waals surface area contributed by atoms with E-state index in [0.717, 1.165) is 11.4 Å². The van der Waals surface area contributed by atoms with Crippen LogP contribution in [0, 0.1) is 5.92 Å². The van der Waals surface area contributed by atoms with Gasteiger partial charge in [0.25, 0.3) is 11.8 Å². The Bertz CT molecular complexity index is 1430. The maximum absolute atomic E-state index is 13.2. The number of aromatic nitrogens is 4. The summed E-state index contributed by atoms with van der Waals surface area (Å²) in [5.74, 6) is 1.02. The molecule has 6 rings (SSSR count). The second-order valence-electron chi connectivity index (χ2n) is 9.63. The molecule has 2 atom stereocenters. The number of amides is 4. The third-order valence-electron chi connectivity index (χ3n) is 6.40. The standard InChI is InChI=1S/C24H26N8O4S/c1-12-10-31(11-13(2)36-12)22(34)18-6-5-17(37-18)19-28-20-15(7-16-21(33)30-24(35)27-16)9-26-32(20)23(29-19)25-8-14-3-4-14/h5-7,9,12-14H,3-4,8,10-11H2,1-2H3,(H,25,28,29)(H2,27,30,33,35)/b16-7-. The molecule has 0 radical (unpaired) electrons. The molecule has 3 fully saturated rings. The molecule has 2 saturated heterocycles. The Balaban J connectivity index is 1.35. The highest BCUT2D eigenvalue weighted by atomic mass is 32.1. The number of nitrogens with one attached hydrogen (secondary N) is 3. The first-order valence-electron chi connectivity index (χ1n) is 12.2. The predicted octanol–water partition coefficient (Wildman–Crippen LogP) is 2.10. The van der Waals surface area contributed by atoms with E-state index in [4.69, 9.17) is 14.7 Å². The largest absolute Gasteiger partial charge is 0.372 e. The van der Waals surface area contributed by atoms with Crippen molar-refractivity contribution < 1.29 is 19.1 Å². The van der Waals surface area contributed by atoms with E-state index in [2.05, 4.69) is 21.0 Å². The number of urea groups is 1. The van der Waals surface area contributed by atoms with Crippen LogP contribution in [0.25, 0.3) is 22.4 Å². The first-order chi connectivity index (χ1) is 17.8. The molecule has 5 heterocycles. The van der Waals surface area contributed by atoms with Crippen LogP contribution in [0.3, 0.4) is 0 Å². The molecule has 3 aromatic rings. The topological polar surface area (TPSA) is 143 Å². The van der Waals surface area contributed by atoms with Gasteiger partial charge in [-0.3, -0.25) is 14.9 Å². The van der Waals surface area contributed by atoms with E-state index in [1.54, 1.807) is 16.8 Å². The lowest BCUT2D eigenvalue weighted by Crippen LogP contribution is -2.48. The Kier molecular flexibility index (Phi) is 5.88. The van der Waals surface area contributed by atoms with Gasteiger partial charge >= 0.3 is 6.03 Å². The molecule has 2 aliphatic heterocycles. The average Bonchev–Trinajstić information content (AvgIpc) is 3.24. The number of thiophene rings is 1. The van der Waals surface area contributed by atoms with Crippen LogP contribution in [0.1, 0.15) is 41.9 Å². The summed E-state index contributed by atoms with van der Waals surface area (Å²) in [7, 11) is 0. The zero-order chi connectivity index (χ0) is 25.7. The number of imide groups is 1. The van der Waals surface area contributed by atoms with E-state index in [-0.39, 0.29) is 23.8 Å². The van der Waals surface area contributed by atoms with Crippen molar-refractivity contribution >= 4 is 46.9 Å². The molecule has 2 unspecified atom stereocenters. The molecule has 13 heteroatoms. The molecule has 3 aromatic heterocycles. The number of rotatable bonds is 6. The van der Waals surface area contributed by atoms with Crippen LogP contribution >= 0.6 is 11.3 Å². The van der Waals surface area contributed by atoms with Gasteiger partial charge in [-0.25, -0.2) is 9.78 Å². The smallest absolute Gasteiger partial charge is 0.326 e. The van der Waals surface area contributed by atoms with Gasteiger partial charge in [0, 0.05) is 25.2 Å². The van der Waals surface area contributed by atoms with E-state index in [1.165, 1.54) is 30.3 Å². The SMILES string of the molecule is CC1CN(C(=O)c2ccc(-c3nc(NCC4CC4)n4ncc(/C=C5\NC(=O)NC5=O)c4n3)s2)CC(C)O1. The van der Waals surface area contributed by atoms with Gasteiger partial charge in [0.2, 0.25) is 5.95 Å². The molecular weight excluding hydrogens is 496 g/mol. The van der Waals surface area contributed by atoms with Crippen molar-refractivity contribution in [1.29, 1.82) is 0 Å². The zero-order valence-corrected chi connectivity index (χ0v) is 21.2. The third-order valence-corrected chi connectivity index (χ3v) is 7.47. The fourth-order valence-corrected chi connectivity index (χ4v) is 5.40. The van der Waals surface area contributed by atoms with Crippen LogP contribution in [0.4, 0.5) is 10.7 Å². The zero-order valence-electron chi connectivity index (χ0n) is 20.4. The number of hydrogen-bond acceptors (Lipinski definition) is 9. The van der Waals surface area contributed by atoms with Crippen LogP contribution in [-0.2, 0) is 9.53 Å². The van der Waals surface area contributed by atoms with Crippen molar-refractivity contribution in [3.05, 3.63) is 34.5 Å². The number of ether oxygens (including phenoxy) is 1. The van der Waals surface area contributed by atoms with Gasteiger partial charge < -0.3 is 20.3 Å². The summed E-state index contributed by atoms with van der Waals surface area (Å²) in [4.78, 5) is 49.4. The molecule has 12 nitrogen and oxygen atoms in total. The number of carbonyl (C=O) groups is 3. The summed E-state index contributed by atoms with van der Waals surface area (Å²) in [6, 6.07) is 3.07. The molecule has 1 saturated carbocycles. The van der Waals surface area contributed by atoms with Crippen molar-refractivity contribution in [2.75, 3.05) is 25.0 Å². The minimum absolute atomic E-state index is 0.0147. The molecule has 192 valence electrons. The van der Waals surface area contributed by atoms with E-state index in [0.29, 0.717) is 46.9 Å². The van der Waals surface area contributed by atoms with Gasteiger partial charge in [0.15, 0.2) is 11.5 Å². The Morgan fingerprint density at radius 3 is 2.68 bits per heavy atom. The molecular formula is C24H26N8O4S. The van der Waals surface area contributed by atoms with Gasteiger partial charge in [-0.1, -0.05) is 0 Å². The lowest BCUT2D eigenvalue weighted by molar-refractivity contribution is -0.115. The van der Waals surface area contributed by atoms with Crippen LogP contribution in [0.2, 0.25) is 0 Å². The number of fused-ring (bicyclic) bond motifs is 1. The van der Waals surface area contributed by atoms with E-state index in [9.17, 15) is 14.4 Å². The van der Waals surface area contributed by atoms with Crippen LogP contribution in [0.5, 0.6) is 0 Å². The predicted molar refractivity (Wildman–Crippen MR) is 136 cm³/mol. The summed E-state index contributed by atoms with van der Waals surface area (Å²) in [6.45, 7) is 5.79. The maximum atomic E-state index is 13.2. The lowest BCUT2D eigenvalue weighted by atomic mass is 10.2. The monoisotopic (exact) mass is 522 g/mol. The summed E-state index contributed by atoms with van der Waals surface area (Å²) >= 11 is 1.34. The van der Waals surface area contributed by atoms with Gasteiger partial charge in [0.1, 0.15) is 5.70 Å². The fraction of sp³-hybridized carbons (Fsp3) is 0.417. The van der Waals surface area contributed by atoms with Crippen molar-refractivity contribution in [1.82, 2.24) is 35.1 Å². The maximum Gasteiger partial charge on any atom is 0.326 e. The van der Waals surface area contributed by atoms with Crippen LogP contribution in [-0.4, -0.2) is 74.2 Å². The average molecular weight is 523 g/mol. The van der Waals surface area contributed by atoms with Crippen molar-refractivity contribution in [2.45, 2.75) is 38.9 Å². The van der Waals surface area contributed by atoms with Crippen molar-refractivity contribution in [3.8, 4) is 10.7 Å². The highest BCUT2D eigenvalue weighted by Crippen LogP contribution is 2.31. The highest BCUT2D eigenvalue weighted by Gasteiger charge is 2.28. The van der Waals surface area contributed by atoms with E-state index >= 15 is 0 Å². The Morgan fingerprint density at radius 2 is 1.97 bits per heavy atom. The number of morpholine rings is 1. The highest BCUT2D eigenvalue weighted by molar-refractivity contribution is 7.17. The third kappa shape index (κ3) is 4.79. The summed E-state index contributed by atoms with van der Waals surface area (Å²) in [6.07, 6.45) is 5.43. The summed E-state index contributed by atoms with van der Waals surface area (Å²) in [5.41, 5.74) is 1.14. The lowest BCUT2D eigenvalue weighted by Gasteiger charge is -2.35. The molecule has 0 aromatic carbocycles. The van der Waals surface area contributed by atoms with Gasteiger partial charge in [0.05, 0.1) is 28.2 Å². The number of anilines is 1. The Hall–Kier alpha value is -3.84. The molecule has 0 bridgehead atoms. The Labute approximate surface area is 216 Å². The number of nitrogens with zero attached hydrogens (tertiary/aromatic N) is 5. The van der Waals surface area contributed by atoms with E-state index in [1.807, 2.05) is 24.8 Å². The van der Waals surface area contributed by atoms with Gasteiger partial charge in [-0.15, -0.1) is 11.3 Å². The summed E-state index contributed by atoms with van der Waals surface area (Å²) < 4.78 is 7.35. The molecule has 1 aliphatic carbocycles. The van der Waals surface area contributed by atoms with Crippen molar-refractivity contribution in [3.63, 3.8) is 0 Å².